The number of nitrogens with zero attached hydrogens (tertiary/aromatic N) is 2. The Balaban J connectivity index is 1.98. The third-order valence-corrected chi connectivity index (χ3v) is 3.05. The van der Waals surface area contributed by atoms with Gasteiger partial charge in [-0.2, -0.15) is 0 Å². The van der Waals surface area contributed by atoms with Crippen LogP contribution in [0.4, 0.5) is 5.82 Å². The molecule has 2 heterocycles. The van der Waals surface area contributed by atoms with Crippen molar-refractivity contribution in [3.8, 4) is 5.75 Å². The number of likely N-dealkylation sites (tertiary alicyclic amines) is 1. The standard InChI is InChI=1S/C12H19N3O/c1-15-8-5-10(6-9-15)14-12-11(16-2)4-3-7-13-12/h3-4,7,10H,5-6,8-9H2,1-2H3,(H,13,14). The van der Waals surface area contributed by atoms with Crippen molar-refractivity contribution >= 4 is 5.82 Å². The molecule has 88 valence electrons. The summed E-state index contributed by atoms with van der Waals surface area (Å²) in [4.78, 5) is 6.67. The van der Waals surface area contributed by atoms with Crippen molar-refractivity contribution in [3.05, 3.63) is 18.3 Å². The minimum Gasteiger partial charge on any atom is -0.493 e. The molecule has 0 aromatic carbocycles. The smallest absolute Gasteiger partial charge is 0.168 e. The number of ether oxygens (including phenoxy) is 1. The van der Waals surface area contributed by atoms with Crippen molar-refractivity contribution in [1.29, 1.82) is 0 Å². The van der Waals surface area contributed by atoms with Gasteiger partial charge in [0.05, 0.1) is 7.11 Å². The van der Waals surface area contributed by atoms with Crippen LogP contribution in [0.2, 0.25) is 0 Å². The second-order valence-electron chi connectivity index (χ2n) is 4.28. The predicted molar refractivity (Wildman–Crippen MR) is 64.9 cm³/mol. The molecular formula is C12H19N3O. The first kappa shape index (κ1) is 11.2. The summed E-state index contributed by atoms with van der Waals surface area (Å²) in [5.74, 6) is 1.68. The van der Waals surface area contributed by atoms with Crippen molar-refractivity contribution < 1.29 is 4.74 Å². The van der Waals surface area contributed by atoms with Gasteiger partial charge in [-0.25, -0.2) is 4.98 Å². The van der Waals surface area contributed by atoms with Gasteiger partial charge in [-0.1, -0.05) is 0 Å². The highest BCUT2D eigenvalue weighted by molar-refractivity contribution is 5.50. The average Bonchev–Trinajstić information content (AvgIpc) is 2.33. The summed E-state index contributed by atoms with van der Waals surface area (Å²) in [6, 6.07) is 4.34. The van der Waals surface area contributed by atoms with E-state index in [4.69, 9.17) is 4.74 Å². The maximum Gasteiger partial charge on any atom is 0.168 e. The number of aromatic nitrogens is 1. The number of pyridine rings is 1. The molecule has 1 fully saturated rings. The van der Waals surface area contributed by atoms with Gasteiger partial charge in [0, 0.05) is 12.2 Å². The van der Waals surface area contributed by atoms with Crippen molar-refractivity contribution in [3.63, 3.8) is 0 Å². The van der Waals surface area contributed by atoms with Crippen LogP contribution < -0.4 is 10.1 Å². The van der Waals surface area contributed by atoms with Gasteiger partial charge < -0.3 is 15.0 Å². The minimum absolute atomic E-state index is 0.514. The zero-order valence-electron chi connectivity index (χ0n) is 9.94. The van der Waals surface area contributed by atoms with Gasteiger partial charge in [-0.05, 0) is 45.1 Å². The fourth-order valence-corrected chi connectivity index (χ4v) is 2.01. The molecule has 1 saturated heterocycles. The van der Waals surface area contributed by atoms with Crippen LogP contribution in [0.25, 0.3) is 0 Å². The first-order valence-electron chi connectivity index (χ1n) is 5.73. The van der Waals surface area contributed by atoms with E-state index >= 15 is 0 Å². The Kier molecular flexibility index (Phi) is 3.62. The lowest BCUT2D eigenvalue weighted by atomic mass is 10.1. The van der Waals surface area contributed by atoms with Crippen molar-refractivity contribution in [2.75, 3.05) is 32.6 Å². The van der Waals surface area contributed by atoms with E-state index in [1.54, 1.807) is 13.3 Å². The highest BCUT2D eigenvalue weighted by atomic mass is 16.5. The van der Waals surface area contributed by atoms with Gasteiger partial charge in [0.2, 0.25) is 0 Å². The molecule has 1 aromatic rings. The van der Waals surface area contributed by atoms with Crippen LogP contribution in [0.3, 0.4) is 0 Å². The predicted octanol–water partition coefficient (Wildman–Crippen LogP) is 1.60. The lowest BCUT2D eigenvalue weighted by Gasteiger charge is -2.30. The molecule has 0 radical (unpaired) electrons. The maximum atomic E-state index is 5.27. The largest absolute Gasteiger partial charge is 0.493 e. The Morgan fingerprint density at radius 1 is 1.44 bits per heavy atom. The van der Waals surface area contributed by atoms with E-state index in [-0.39, 0.29) is 0 Å². The number of hydrogen-bond acceptors (Lipinski definition) is 4. The van der Waals surface area contributed by atoms with Crippen LogP contribution in [0.15, 0.2) is 18.3 Å². The first-order chi connectivity index (χ1) is 7.79. The van der Waals surface area contributed by atoms with Crippen molar-refractivity contribution in [1.82, 2.24) is 9.88 Å². The fraction of sp³-hybridized carbons (Fsp3) is 0.583. The molecule has 0 saturated carbocycles. The third-order valence-electron chi connectivity index (χ3n) is 3.05. The van der Waals surface area contributed by atoms with Gasteiger partial charge in [0.15, 0.2) is 11.6 Å². The van der Waals surface area contributed by atoms with Gasteiger partial charge >= 0.3 is 0 Å². The molecule has 2 rings (SSSR count). The quantitative estimate of drug-likeness (QED) is 0.841. The summed E-state index contributed by atoms with van der Waals surface area (Å²) < 4.78 is 5.27. The summed E-state index contributed by atoms with van der Waals surface area (Å²) in [7, 11) is 3.84. The highest BCUT2D eigenvalue weighted by Crippen LogP contribution is 2.23. The number of piperidine rings is 1. The van der Waals surface area contributed by atoms with Crippen molar-refractivity contribution in [2.24, 2.45) is 0 Å². The summed E-state index contributed by atoms with van der Waals surface area (Å²) in [6.07, 6.45) is 4.12. The SMILES string of the molecule is COc1cccnc1NC1CCN(C)CC1. The molecule has 4 nitrogen and oxygen atoms in total. The van der Waals surface area contributed by atoms with E-state index in [1.807, 2.05) is 12.1 Å². The normalized spacial score (nSPS) is 18.4. The minimum atomic E-state index is 0.514. The molecule has 1 aliphatic heterocycles. The van der Waals surface area contributed by atoms with E-state index in [2.05, 4.69) is 22.2 Å². The Hall–Kier alpha value is -1.29. The molecule has 0 spiro atoms. The molecule has 1 aliphatic rings. The van der Waals surface area contributed by atoms with E-state index in [1.165, 1.54) is 0 Å². The summed E-state index contributed by atoms with van der Waals surface area (Å²) in [5.41, 5.74) is 0. The Morgan fingerprint density at radius 2 is 2.19 bits per heavy atom. The van der Waals surface area contributed by atoms with E-state index in [0.717, 1.165) is 37.5 Å². The third kappa shape index (κ3) is 2.64. The number of hydrogen-bond donors (Lipinski definition) is 1. The topological polar surface area (TPSA) is 37.4 Å². The summed E-state index contributed by atoms with van der Waals surface area (Å²) in [6.45, 7) is 2.29. The zero-order valence-corrected chi connectivity index (χ0v) is 9.94. The summed E-state index contributed by atoms with van der Waals surface area (Å²) in [5, 5.41) is 3.46. The van der Waals surface area contributed by atoms with E-state index in [0.29, 0.717) is 6.04 Å². The molecule has 16 heavy (non-hydrogen) atoms. The molecule has 0 amide bonds. The molecule has 0 unspecified atom stereocenters. The lowest BCUT2D eigenvalue weighted by molar-refractivity contribution is 0.263. The molecule has 1 N–H and O–H groups in total. The second kappa shape index (κ2) is 5.16. The van der Waals surface area contributed by atoms with Crippen LogP contribution in [-0.2, 0) is 0 Å². The molecule has 0 atom stereocenters. The number of methoxy groups -OCH3 is 1. The van der Waals surface area contributed by atoms with Gasteiger partial charge in [0.25, 0.3) is 0 Å². The lowest BCUT2D eigenvalue weighted by Crippen LogP contribution is -2.36. The zero-order chi connectivity index (χ0) is 11.4. The Bertz CT molecular complexity index is 335. The van der Waals surface area contributed by atoms with Gasteiger partial charge in [-0.15, -0.1) is 0 Å². The van der Waals surface area contributed by atoms with Crippen molar-refractivity contribution in [2.45, 2.75) is 18.9 Å². The second-order valence-corrected chi connectivity index (χ2v) is 4.28. The van der Waals surface area contributed by atoms with Crippen LogP contribution >= 0.6 is 0 Å². The highest BCUT2D eigenvalue weighted by Gasteiger charge is 2.17. The van der Waals surface area contributed by atoms with Crippen LogP contribution in [0, 0.1) is 0 Å². The Labute approximate surface area is 96.6 Å². The maximum absolute atomic E-state index is 5.27. The monoisotopic (exact) mass is 221 g/mol. The van der Waals surface area contributed by atoms with Crippen LogP contribution in [0.5, 0.6) is 5.75 Å². The Morgan fingerprint density at radius 3 is 2.88 bits per heavy atom. The molecule has 4 heteroatoms. The fourth-order valence-electron chi connectivity index (χ4n) is 2.01. The molecular weight excluding hydrogens is 202 g/mol. The summed E-state index contributed by atoms with van der Waals surface area (Å²) >= 11 is 0. The molecule has 1 aromatic heterocycles. The first-order valence-corrected chi connectivity index (χ1v) is 5.73. The van der Waals surface area contributed by atoms with Gasteiger partial charge in [0.1, 0.15) is 0 Å². The number of nitrogens with one attached hydrogen (secondary N) is 1. The van der Waals surface area contributed by atoms with E-state index in [9.17, 15) is 0 Å². The average molecular weight is 221 g/mol. The molecule has 0 aliphatic carbocycles. The molecule has 0 bridgehead atoms. The van der Waals surface area contributed by atoms with Crippen LogP contribution in [0.1, 0.15) is 12.8 Å². The van der Waals surface area contributed by atoms with Gasteiger partial charge in [-0.3, -0.25) is 0 Å². The number of anilines is 1. The number of rotatable bonds is 3. The van der Waals surface area contributed by atoms with E-state index < -0.39 is 0 Å². The van der Waals surface area contributed by atoms with Crippen LogP contribution in [-0.4, -0.2) is 43.2 Å².